The summed E-state index contributed by atoms with van der Waals surface area (Å²) in [5.74, 6) is 0. The average molecular weight is 207 g/mol. The molecular formula is C9H15ClO3. The first-order chi connectivity index (χ1) is 6.18. The highest BCUT2D eigenvalue weighted by molar-refractivity contribution is 6.61. The highest BCUT2D eigenvalue weighted by Crippen LogP contribution is 2.21. The van der Waals surface area contributed by atoms with Crippen molar-refractivity contribution >= 4 is 17.0 Å². The fourth-order valence-electron chi connectivity index (χ4n) is 1.63. The van der Waals surface area contributed by atoms with E-state index in [0.29, 0.717) is 0 Å². The quantitative estimate of drug-likeness (QED) is 0.526. The number of carbonyl (C=O) groups excluding carboxylic acids is 1. The topological polar surface area (TPSA) is 35.5 Å². The normalized spacial score (nSPS) is 21.1. The largest absolute Gasteiger partial charge is 0.424 e. The Balaban J connectivity index is 2.18. The van der Waals surface area contributed by atoms with Gasteiger partial charge < -0.3 is 9.47 Å². The van der Waals surface area contributed by atoms with Crippen molar-refractivity contribution in [3.63, 3.8) is 0 Å². The molecule has 0 amide bonds. The zero-order valence-corrected chi connectivity index (χ0v) is 8.55. The van der Waals surface area contributed by atoms with Crippen LogP contribution < -0.4 is 0 Å². The van der Waals surface area contributed by atoms with Crippen LogP contribution in [0.3, 0.4) is 0 Å². The van der Waals surface area contributed by atoms with Crippen LogP contribution in [0.1, 0.15) is 39.0 Å². The molecule has 0 heterocycles. The molecule has 1 atom stereocenters. The first kappa shape index (κ1) is 10.8. The van der Waals surface area contributed by atoms with E-state index in [1.807, 2.05) is 0 Å². The van der Waals surface area contributed by atoms with Crippen molar-refractivity contribution in [3.8, 4) is 0 Å². The van der Waals surface area contributed by atoms with Gasteiger partial charge in [0.05, 0.1) is 6.10 Å². The standard InChI is InChI=1S/C9H15ClO3/c1-7(13-9(10)11)12-8-5-3-2-4-6-8/h7-8H,2-6H2,1H3. The highest BCUT2D eigenvalue weighted by atomic mass is 35.5. The van der Waals surface area contributed by atoms with Gasteiger partial charge in [0.1, 0.15) is 0 Å². The Bertz CT molecular complexity index is 166. The SMILES string of the molecule is CC(OC(=O)Cl)OC1CCCCC1. The Labute approximate surface area is 83.3 Å². The monoisotopic (exact) mass is 206 g/mol. The minimum atomic E-state index is -0.802. The molecule has 4 heteroatoms. The molecule has 0 spiro atoms. The van der Waals surface area contributed by atoms with Crippen LogP contribution in [-0.4, -0.2) is 17.8 Å². The summed E-state index contributed by atoms with van der Waals surface area (Å²) in [4.78, 5) is 10.4. The van der Waals surface area contributed by atoms with Gasteiger partial charge in [-0.1, -0.05) is 19.3 Å². The third-order valence-electron chi connectivity index (χ3n) is 2.19. The summed E-state index contributed by atoms with van der Waals surface area (Å²) >= 11 is 5.05. The van der Waals surface area contributed by atoms with Crippen LogP contribution in [0.15, 0.2) is 0 Å². The van der Waals surface area contributed by atoms with Crippen molar-refractivity contribution < 1.29 is 14.3 Å². The maximum atomic E-state index is 10.4. The van der Waals surface area contributed by atoms with Gasteiger partial charge in [0.2, 0.25) is 6.29 Å². The van der Waals surface area contributed by atoms with E-state index in [-0.39, 0.29) is 6.10 Å². The summed E-state index contributed by atoms with van der Waals surface area (Å²) in [7, 11) is 0. The lowest BCUT2D eigenvalue weighted by atomic mass is 9.98. The summed E-state index contributed by atoms with van der Waals surface area (Å²) in [5, 5.41) is 0. The molecule has 13 heavy (non-hydrogen) atoms. The van der Waals surface area contributed by atoms with Crippen LogP contribution in [-0.2, 0) is 9.47 Å². The van der Waals surface area contributed by atoms with Gasteiger partial charge in [0.15, 0.2) is 0 Å². The second-order valence-corrected chi connectivity index (χ2v) is 3.63. The summed E-state index contributed by atoms with van der Waals surface area (Å²) in [5.41, 5.74) is -0.802. The van der Waals surface area contributed by atoms with Gasteiger partial charge in [-0.25, -0.2) is 4.79 Å². The maximum Gasteiger partial charge on any atom is 0.406 e. The van der Waals surface area contributed by atoms with Crippen LogP contribution >= 0.6 is 11.6 Å². The third kappa shape index (κ3) is 4.48. The molecule has 3 nitrogen and oxygen atoms in total. The first-order valence-electron chi connectivity index (χ1n) is 4.70. The Morgan fingerprint density at radius 3 is 2.54 bits per heavy atom. The fourth-order valence-corrected chi connectivity index (χ4v) is 1.76. The van der Waals surface area contributed by atoms with E-state index in [4.69, 9.17) is 16.3 Å². The maximum absolute atomic E-state index is 10.4. The van der Waals surface area contributed by atoms with E-state index in [2.05, 4.69) is 4.74 Å². The highest BCUT2D eigenvalue weighted by Gasteiger charge is 2.18. The van der Waals surface area contributed by atoms with Gasteiger partial charge in [-0.05, 0) is 19.8 Å². The smallest absolute Gasteiger partial charge is 0.406 e. The predicted molar refractivity (Wildman–Crippen MR) is 49.8 cm³/mol. The van der Waals surface area contributed by atoms with Gasteiger partial charge in [-0.2, -0.15) is 0 Å². The lowest BCUT2D eigenvalue weighted by molar-refractivity contribution is -0.129. The lowest BCUT2D eigenvalue weighted by Crippen LogP contribution is -2.24. The van der Waals surface area contributed by atoms with E-state index in [1.165, 1.54) is 19.3 Å². The van der Waals surface area contributed by atoms with Crippen LogP contribution in [0.25, 0.3) is 0 Å². The second-order valence-electron chi connectivity index (χ2n) is 3.32. The van der Waals surface area contributed by atoms with Gasteiger partial charge in [0, 0.05) is 11.6 Å². The Morgan fingerprint density at radius 2 is 2.00 bits per heavy atom. The molecule has 0 N–H and O–H groups in total. The molecular weight excluding hydrogens is 192 g/mol. The van der Waals surface area contributed by atoms with Crippen LogP contribution in [0.4, 0.5) is 4.79 Å². The van der Waals surface area contributed by atoms with Crippen molar-refractivity contribution in [1.29, 1.82) is 0 Å². The van der Waals surface area contributed by atoms with Gasteiger partial charge in [-0.3, -0.25) is 0 Å². The molecule has 1 aliphatic rings. The van der Waals surface area contributed by atoms with Gasteiger partial charge in [-0.15, -0.1) is 0 Å². The fraction of sp³-hybridized carbons (Fsp3) is 0.889. The lowest BCUT2D eigenvalue weighted by Gasteiger charge is -2.24. The van der Waals surface area contributed by atoms with E-state index in [1.54, 1.807) is 6.92 Å². The van der Waals surface area contributed by atoms with Gasteiger partial charge in [0.25, 0.3) is 0 Å². The molecule has 1 aliphatic carbocycles. The molecule has 0 aliphatic heterocycles. The molecule has 0 saturated heterocycles. The summed E-state index contributed by atoms with van der Waals surface area (Å²) in [6, 6.07) is 0. The number of hydrogen-bond donors (Lipinski definition) is 0. The minimum Gasteiger partial charge on any atom is -0.424 e. The number of carbonyl (C=O) groups is 1. The Kier molecular flexibility index (Phi) is 4.53. The Morgan fingerprint density at radius 1 is 1.38 bits per heavy atom. The number of ether oxygens (including phenoxy) is 2. The van der Waals surface area contributed by atoms with E-state index in [9.17, 15) is 4.79 Å². The molecule has 0 bridgehead atoms. The molecule has 76 valence electrons. The number of rotatable bonds is 3. The number of hydrogen-bond acceptors (Lipinski definition) is 3. The van der Waals surface area contributed by atoms with Crippen molar-refractivity contribution in [2.45, 2.75) is 51.4 Å². The molecule has 1 saturated carbocycles. The second kappa shape index (κ2) is 5.45. The molecule has 1 fully saturated rings. The van der Waals surface area contributed by atoms with Crippen LogP contribution in [0.2, 0.25) is 0 Å². The summed E-state index contributed by atoms with van der Waals surface area (Å²) < 4.78 is 10.1. The van der Waals surface area contributed by atoms with Crippen molar-refractivity contribution in [3.05, 3.63) is 0 Å². The molecule has 0 aromatic rings. The minimum absolute atomic E-state index is 0.236. The summed E-state index contributed by atoms with van der Waals surface area (Å²) in [6.45, 7) is 1.69. The molecule has 1 rings (SSSR count). The zero-order chi connectivity index (χ0) is 9.68. The van der Waals surface area contributed by atoms with Gasteiger partial charge >= 0.3 is 5.43 Å². The zero-order valence-electron chi connectivity index (χ0n) is 7.79. The molecule has 0 radical (unpaired) electrons. The first-order valence-corrected chi connectivity index (χ1v) is 5.08. The average Bonchev–Trinajstić information content (AvgIpc) is 2.04. The van der Waals surface area contributed by atoms with Crippen LogP contribution in [0.5, 0.6) is 0 Å². The predicted octanol–water partition coefficient (Wildman–Crippen LogP) is 3.06. The van der Waals surface area contributed by atoms with Crippen molar-refractivity contribution in [2.24, 2.45) is 0 Å². The molecule has 1 unspecified atom stereocenters. The summed E-state index contributed by atoms with van der Waals surface area (Å²) in [6.07, 6.45) is 5.52. The van der Waals surface area contributed by atoms with E-state index < -0.39 is 11.7 Å². The van der Waals surface area contributed by atoms with E-state index in [0.717, 1.165) is 12.8 Å². The van der Waals surface area contributed by atoms with Crippen molar-refractivity contribution in [2.75, 3.05) is 0 Å². The van der Waals surface area contributed by atoms with Crippen molar-refractivity contribution in [1.82, 2.24) is 0 Å². The Hall–Kier alpha value is -0.280. The molecule has 0 aromatic carbocycles. The van der Waals surface area contributed by atoms with Crippen LogP contribution in [0, 0.1) is 0 Å². The third-order valence-corrected chi connectivity index (χ3v) is 2.28. The number of halogens is 1. The van der Waals surface area contributed by atoms with E-state index >= 15 is 0 Å². The molecule has 0 aromatic heterocycles.